The zero-order valence-corrected chi connectivity index (χ0v) is 13.1. The maximum atomic E-state index is 5.72. The monoisotopic (exact) mass is 355 g/mol. The zero-order valence-electron chi connectivity index (χ0n) is 10.8. The number of rotatable bonds is 9. The minimum atomic E-state index is 0. The first kappa shape index (κ1) is 17.0. The summed E-state index contributed by atoms with van der Waals surface area (Å²) in [5.41, 5.74) is 5.72. The second-order valence-corrected chi connectivity index (χ2v) is 4.33. The molecule has 1 aliphatic rings. The van der Waals surface area contributed by atoms with E-state index in [0.717, 1.165) is 38.6 Å². The highest BCUT2D eigenvalue weighted by Gasteiger charge is 2.19. The van der Waals surface area contributed by atoms with E-state index in [2.05, 4.69) is 10.3 Å². The van der Waals surface area contributed by atoms with E-state index in [0.29, 0.717) is 5.96 Å². The molecule has 0 aromatic rings. The van der Waals surface area contributed by atoms with Crippen LogP contribution in [0, 0.1) is 5.92 Å². The van der Waals surface area contributed by atoms with Crippen LogP contribution in [-0.2, 0) is 4.74 Å². The average molecular weight is 355 g/mol. The Morgan fingerprint density at radius 3 is 2.82 bits per heavy atom. The van der Waals surface area contributed by atoms with Crippen LogP contribution in [0.1, 0.15) is 39.0 Å². The quantitative estimate of drug-likeness (QED) is 0.288. The minimum Gasteiger partial charge on any atom is -0.382 e. The second-order valence-electron chi connectivity index (χ2n) is 4.33. The summed E-state index contributed by atoms with van der Waals surface area (Å²) in [5, 5.41) is 3.14. The van der Waals surface area contributed by atoms with Crippen LogP contribution in [0.5, 0.6) is 0 Å². The van der Waals surface area contributed by atoms with E-state index in [1.165, 1.54) is 25.7 Å². The Kier molecular flexibility index (Phi) is 11.0. The SMILES string of the molecule is CCOCCCN=C(N)NCCCC1CC1.I. The van der Waals surface area contributed by atoms with E-state index in [-0.39, 0.29) is 24.0 Å². The van der Waals surface area contributed by atoms with Gasteiger partial charge in [0.1, 0.15) is 0 Å². The summed E-state index contributed by atoms with van der Waals surface area (Å²) in [6, 6.07) is 0. The summed E-state index contributed by atoms with van der Waals surface area (Å²) < 4.78 is 5.22. The number of hydrogen-bond acceptors (Lipinski definition) is 2. The first-order valence-electron chi connectivity index (χ1n) is 6.44. The molecule has 102 valence electrons. The summed E-state index contributed by atoms with van der Waals surface area (Å²) in [5.74, 6) is 1.58. The van der Waals surface area contributed by atoms with Crippen LogP contribution in [0.3, 0.4) is 0 Å². The van der Waals surface area contributed by atoms with Crippen LogP contribution in [0.4, 0.5) is 0 Å². The second kappa shape index (κ2) is 11.1. The van der Waals surface area contributed by atoms with Crippen molar-refractivity contribution in [3.63, 3.8) is 0 Å². The summed E-state index contributed by atoms with van der Waals surface area (Å²) in [6.45, 7) is 5.26. The molecule has 5 heteroatoms. The molecule has 3 N–H and O–H groups in total. The Morgan fingerprint density at radius 2 is 2.18 bits per heavy atom. The molecule has 0 saturated heterocycles. The molecule has 0 heterocycles. The van der Waals surface area contributed by atoms with Gasteiger partial charge in [0.05, 0.1) is 0 Å². The maximum Gasteiger partial charge on any atom is 0.188 e. The Bertz CT molecular complexity index is 208. The highest BCUT2D eigenvalue weighted by atomic mass is 127. The fraction of sp³-hybridized carbons (Fsp3) is 0.917. The molecule has 4 nitrogen and oxygen atoms in total. The van der Waals surface area contributed by atoms with Crippen molar-refractivity contribution in [1.29, 1.82) is 0 Å². The molecule has 17 heavy (non-hydrogen) atoms. The molecule has 0 radical (unpaired) electrons. The van der Waals surface area contributed by atoms with Crippen molar-refractivity contribution >= 4 is 29.9 Å². The van der Waals surface area contributed by atoms with Crippen LogP contribution < -0.4 is 11.1 Å². The van der Waals surface area contributed by atoms with Crippen LogP contribution >= 0.6 is 24.0 Å². The predicted octanol–water partition coefficient (Wildman–Crippen LogP) is 2.13. The average Bonchev–Trinajstić information content (AvgIpc) is 3.08. The first-order chi connectivity index (χ1) is 7.83. The molecular formula is C12H26IN3O. The third-order valence-corrected chi connectivity index (χ3v) is 2.73. The molecule has 0 unspecified atom stereocenters. The molecule has 1 fully saturated rings. The highest BCUT2D eigenvalue weighted by molar-refractivity contribution is 14.0. The number of halogens is 1. The summed E-state index contributed by atoms with van der Waals surface area (Å²) in [6.07, 6.45) is 6.35. The van der Waals surface area contributed by atoms with Crippen molar-refractivity contribution in [2.24, 2.45) is 16.6 Å². The van der Waals surface area contributed by atoms with Gasteiger partial charge in [0.25, 0.3) is 0 Å². The Labute approximate surface area is 122 Å². The molecule has 0 spiro atoms. The number of nitrogens with zero attached hydrogens (tertiary/aromatic N) is 1. The minimum absolute atomic E-state index is 0. The van der Waals surface area contributed by atoms with Gasteiger partial charge in [0, 0.05) is 26.3 Å². The van der Waals surface area contributed by atoms with Crippen molar-refractivity contribution in [2.45, 2.75) is 39.0 Å². The van der Waals surface area contributed by atoms with Gasteiger partial charge in [-0.05, 0) is 32.1 Å². The molecular weight excluding hydrogens is 329 g/mol. The number of aliphatic imine (C=N–C) groups is 1. The fourth-order valence-electron chi connectivity index (χ4n) is 1.58. The number of ether oxygens (including phenoxy) is 1. The molecule has 0 amide bonds. The van der Waals surface area contributed by atoms with Gasteiger partial charge < -0.3 is 15.8 Å². The van der Waals surface area contributed by atoms with E-state index in [1.807, 2.05) is 6.92 Å². The third-order valence-electron chi connectivity index (χ3n) is 2.73. The molecule has 0 aliphatic heterocycles. The van der Waals surface area contributed by atoms with Crippen LogP contribution in [0.15, 0.2) is 4.99 Å². The Morgan fingerprint density at radius 1 is 1.41 bits per heavy atom. The molecule has 0 aromatic carbocycles. The normalized spacial score (nSPS) is 15.5. The van der Waals surface area contributed by atoms with Crippen molar-refractivity contribution in [3.05, 3.63) is 0 Å². The van der Waals surface area contributed by atoms with Crippen molar-refractivity contribution in [3.8, 4) is 0 Å². The van der Waals surface area contributed by atoms with Crippen molar-refractivity contribution < 1.29 is 4.74 Å². The molecule has 0 bridgehead atoms. The lowest BCUT2D eigenvalue weighted by Crippen LogP contribution is -2.32. The van der Waals surface area contributed by atoms with E-state index < -0.39 is 0 Å². The van der Waals surface area contributed by atoms with Gasteiger partial charge in [-0.2, -0.15) is 0 Å². The van der Waals surface area contributed by atoms with Crippen molar-refractivity contribution in [2.75, 3.05) is 26.3 Å². The molecule has 1 aliphatic carbocycles. The van der Waals surface area contributed by atoms with Crippen LogP contribution in [0.2, 0.25) is 0 Å². The largest absolute Gasteiger partial charge is 0.382 e. The van der Waals surface area contributed by atoms with Crippen molar-refractivity contribution in [1.82, 2.24) is 5.32 Å². The maximum absolute atomic E-state index is 5.72. The van der Waals surface area contributed by atoms with Gasteiger partial charge in [0.2, 0.25) is 0 Å². The molecule has 1 saturated carbocycles. The summed E-state index contributed by atoms with van der Waals surface area (Å²) in [7, 11) is 0. The predicted molar refractivity (Wildman–Crippen MR) is 83.0 cm³/mol. The van der Waals surface area contributed by atoms with Gasteiger partial charge in [-0.25, -0.2) is 0 Å². The van der Waals surface area contributed by atoms with E-state index >= 15 is 0 Å². The summed E-state index contributed by atoms with van der Waals surface area (Å²) in [4.78, 5) is 4.23. The van der Waals surface area contributed by atoms with E-state index in [4.69, 9.17) is 10.5 Å². The standard InChI is InChI=1S/C12H25N3O.HI/c1-2-16-10-4-9-15-12(13)14-8-3-5-11-6-7-11;/h11H,2-10H2,1H3,(H3,13,14,15);1H. The van der Waals surface area contributed by atoms with Gasteiger partial charge in [0.15, 0.2) is 5.96 Å². The number of guanidine groups is 1. The lowest BCUT2D eigenvalue weighted by atomic mass is 10.2. The van der Waals surface area contributed by atoms with E-state index in [1.54, 1.807) is 0 Å². The Balaban J connectivity index is 0.00000256. The molecule has 1 rings (SSSR count). The number of nitrogens with two attached hydrogens (primary N) is 1. The van der Waals surface area contributed by atoms with Gasteiger partial charge >= 0.3 is 0 Å². The lowest BCUT2D eigenvalue weighted by molar-refractivity contribution is 0.146. The number of hydrogen-bond donors (Lipinski definition) is 2. The van der Waals surface area contributed by atoms with Crippen LogP contribution in [-0.4, -0.2) is 32.3 Å². The lowest BCUT2D eigenvalue weighted by Gasteiger charge is -2.05. The zero-order chi connectivity index (χ0) is 11.6. The topological polar surface area (TPSA) is 59.6 Å². The first-order valence-corrected chi connectivity index (χ1v) is 6.44. The number of nitrogens with one attached hydrogen (secondary N) is 1. The van der Waals surface area contributed by atoms with E-state index in [9.17, 15) is 0 Å². The molecule has 0 aromatic heterocycles. The van der Waals surface area contributed by atoms with Gasteiger partial charge in [-0.1, -0.05) is 12.8 Å². The summed E-state index contributed by atoms with van der Waals surface area (Å²) >= 11 is 0. The van der Waals surface area contributed by atoms with Gasteiger partial charge in [-0.15, -0.1) is 24.0 Å². The fourth-order valence-corrected chi connectivity index (χ4v) is 1.58. The molecule has 0 atom stereocenters. The van der Waals surface area contributed by atoms with Gasteiger partial charge in [-0.3, -0.25) is 4.99 Å². The third kappa shape index (κ3) is 10.8. The highest BCUT2D eigenvalue weighted by Crippen LogP contribution is 2.33. The Hall–Kier alpha value is -0.0400. The van der Waals surface area contributed by atoms with Crippen LogP contribution in [0.25, 0.3) is 0 Å². The smallest absolute Gasteiger partial charge is 0.188 e.